The second-order valence-electron chi connectivity index (χ2n) is 8.20. The molecule has 0 aliphatic rings. The number of benzene rings is 2. The molecule has 0 aliphatic heterocycles. The van der Waals surface area contributed by atoms with Crippen molar-refractivity contribution in [2.24, 2.45) is 5.92 Å². The molecule has 0 saturated heterocycles. The van der Waals surface area contributed by atoms with E-state index >= 15 is 0 Å². The van der Waals surface area contributed by atoms with Crippen LogP contribution in [0.5, 0.6) is 5.75 Å². The van der Waals surface area contributed by atoms with Gasteiger partial charge in [-0.05, 0) is 48.2 Å². The van der Waals surface area contributed by atoms with Crippen molar-refractivity contribution in [3.05, 3.63) is 59.7 Å². The molecule has 0 fully saturated rings. The number of amides is 2. The van der Waals surface area contributed by atoms with Crippen LogP contribution in [0.15, 0.2) is 53.4 Å². The quantitative estimate of drug-likeness (QED) is 0.477. The molecule has 8 nitrogen and oxygen atoms in total. The Morgan fingerprint density at radius 3 is 2.24 bits per heavy atom. The van der Waals surface area contributed by atoms with Gasteiger partial charge in [0.2, 0.25) is 15.9 Å². The van der Waals surface area contributed by atoms with E-state index in [2.05, 4.69) is 10.6 Å². The Labute approximate surface area is 202 Å². The minimum Gasteiger partial charge on any atom is -0.497 e. The Morgan fingerprint density at radius 1 is 1.03 bits per heavy atom. The van der Waals surface area contributed by atoms with E-state index in [0.29, 0.717) is 26.1 Å². The van der Waals surface area contributed by atoms with E-state index in [1.807, 2.05) is 38.1 Å². The van der Waals surface area contributed by atoms with Gasteiger partial charge in [-0.3, -0.25) is 9.59 Å². The van der Waals surface area contributed by atoms with Crippen LogP contribution in [-0.2, 0) is 21.2 Å². The smallest absolute Gasteiger partial charge is 0.251 e. The molecule has 0 saturated carbocycles. The summed E-state index contributed by atoms with van der Waals surface area (Å²) in [6, 6.07) is 12.7. The second-order valence-corrected chi connectivity index (χ2v) is 10.1. The number of nitrogens with one attached hydrogen (secondary N) is 2. The first-order valence-corrected chi connectivity index (χ1v) is 12.9. The number of hydrogen-bond acceptors (Lipinski definition) is 5. The van der Waals surface area contributed by atoms with Crippen LogP contribution in [0, 0.1) is 5.92 Å². The number of ether oxygens (including phenoxy) is 1. The van der Waals surface area contributed by atoms with Crippen LogP contribution >= 0.6 is 0 Å². The number of nitrogens with zero attached hydrogens (tertiary/aromatic N) is 1. The first-order chi connectivity index (χ1) is 16.1. The van der Waals surface area contributed by atoms with Gasteiger partial charge in [-0.25, -0.2) is 8.42 Å². The molecule has 2 amide bonds. The summed E-state index contributed by atoms with van der Waals surface area (Å²) < 4.78 is 32.1. The van der Waals surface area contributed by atoms with Gasteiger partial charge >= 0.3 is 0 Å². The van der Waals surface area contributed by atoms with Gasteiger partial charge < -0.3 is 15.4 Å². The van der Waals surface area contributed by atoms with Gasteiger partial charge in [0.1, 0.15) is 11.8 Å². The van der Waals surface area contributed by atoms with E-state index in [0.717, 1.165) is 11.3 Å². The van der Waals surface area contributed by atoms with E-state index in [1.165, 1.54) is 28.6 Å². The minimum absolute atomic E-state index is 0.0499. The summed E-state index contributed by atoms with van der Waals surface area (Å²) in [7, 11) is -2.09. The molecule has 0 heterocycles. The van der Waals surface area contributed by atoms with Crippen molar-refractivity contribution in [1.82, 2.24) is 14.9 Å². The molecule has 2 rings (SSSR count). The van der Waals surface area contributed by atoms with Crippen LogP contribution in [0.1, 0.15) is 43.6 Å². The minimum atomic E-state index is -3.70. The highest BCUT2D eigenvalue weighted by Gasteiger charge is 2.26. The molecule has 0 radical (unpaired) electrons. The number of sulfonamides is 1. The van der Waals surface area contributed by atoms with Crippen LogP contribution in [-0.4, -0.2) is 57.3 Å². The second kappa shape index (κ2) is 12.5. The van der Waals surface area contributed by atoms with Gasteiger partial charge in [-0.15, -0.1) is 0 Å². The summed E-state index contributed by atoms with van der Waals surface area (Å²) in [6.45, 7) is 8.30. The van der Waals surface area contributed by atoms with Crippen LogP contribution < -0.4 is 15.4 Å². The lowest BCUT2D eigenvalue weighted by atomic mass is 10.0. The zero-order chi connectivity index (χ0) is 25.3. The summed E-state index contributed by atoms with van der Waals surface area (Å²) in [4.78, 5) is 25.7. The van der Waals surface area contributed by atoms with Crippen molar-refractivity contribution >= 4 is 21.8 Å². The monoisotopic (exact) mass is 489 g/mol. The fraction of sp³-hybridized carbons (Fsp3) is 0.440. The molecule has 1 atom stereocenters. The van der Waals surface area contributed by atoms with Crippen molar-refractivity contribution in [1.29, 1.82) is 0 Å². The van der Waals surface area contributed by atoms with Crippen molar-refractivity contribution in [3.8, 4) is 5.75 Å². The van der Waals surface area contributed by atoms with E-state index in [1.54, 1.807) is 21.0 Å². The van der Waals surface area contributed by atoms with Gasteiger partial charge in [-0.2, -0.15) is 4.31 Å². The van der Waals surface area contributed by atoms with Gasteiger partial charge in [0.25, 0.3) is 5.91 Å². The third kappa shape index (κ3) is 7.04. The van der Waals surface area contributed by atoms with E-state index < -0.39 is 22.0 Å². The average molecular weight is 490 g/mol. The third-order valence-electron chi connectivity index (χ3n) is 5.55. The molecule has 0 spiro atoms. The SMILES string of the molecule is CCN(CC)S(=O)(=O)c1cccc(C(=O)N[C@H](C(=O)NCCc2ccc(OC)cc2)C(C)C)c1. The van der Waals surface area contributed by atoms with Gasteiger partial charge in [0.15, 0.2) is 0 Å². The van der Waals surface area contributed by atoms with Crippen molar-refractivity contribution in [3.63, 3.8) is 0 Å². The van der Waals surface area contributed by atoms with Crippen molar-refractivity contribution < 1.29 is 22.7 Å². The highest BCUT2D eigenvalue weighted by molar-refractivity contribution is 7.89. The summed E-state index contributed by atoms with van der Waals surface area (Å²) in [5.74, 6) is -0.179. The molecule has 186 valence electrons. The van der Waals surface area contributed by atoms with E-state index in [9.17, 15) is 18.0 Å². The lowest BCUT2D eigenvalue weighted by molar-refractivity contribution is -0.123. The Morgan fingerprint density at radius 2 is 1.68 bits per heavy atom. The highest BCUT2D eigenvalue weighted by Crippen LogP contribution is 2.17. The molecular weight excluding hydrogens is 454 g/mol. The van der Waals surface area contributed by atoms with Gasteiger partial charge in [0.05, 0.1) is 12.0 Å². The summed E-state index contributed by atoms with van der Waals surface area (Å²) in [6.07, 6.45) is 0.639. The number of carbonyl (C=O) groups is 2. The number of carbonyl (C=O) groups excluding carboxylic acids is 2. The molecule has 2 aromatic rings. The molecule has 0 aromatic heterocycles. The first kappa shape index (κ1) is 27.3. The Kier molecular flexibility index (Phi) is 10.1. The number of methoxy groups -OCH3 is 1. The van der Waals surface area contributed by atoms with E-state index in [4.69, 9.17) is 4.74 Å². The summed E-state index contributed by atoms with van der Waals surface area (Å²) in [5.41, 5.74) is 1.24. The molecule has 2 N–H and O–H groups in total. The highest BCUT2D eigenvalue weighted by atomic mass is 32.2. The van der Waals surface area contributed by atoms with Crippen LogP contribution in [0.2, 0.25) is 0 Å². The fourth-order valence-electron chi connectivity index (χ4n) is 3.50. The maximum absolute atomic E-state index is 12.9. The van der Waals surface area contributed by atoms with E-state index in [-0.39, 0.29) is 22.3 Å². The number of hydrogen-bond donors (Lipinski definition) is 2. The lowest BCUT2D eigenvalue weighted by Gasteiger charge is -2.22. The molecule has 0 aliphatic carbocycles. The molecular formula is C25H35N3O5S. The first-order valence-electron chi connectivity index (χ1n) is 11.5. The predicted octanol–water partition coefficient (Wildman–Crippen LogP) is 2.84. The zero-order valence-corrected chi connectivity index (χ0v) is 21.3. The molecule has 9 heteroatoms. The summed E-state index contributed by atoms with van der Waals surface area (Å²) in [5, 5.41) is 5.63. The standard InChI is InChI=1S/C25H35N3O5S/c1-6-28(7-2)34(31,32)22-10-8-9-20(17-22)24(29)27-23(18(3)4)25(30)26-16-15-19-11-13-21(33-5)14-12-19/h8-14,17-18,23H,6-7,15-16H2,1-5H3,(H,26,30)(H,27,29)/t23-/m0/s1. The maximum Gasteiger partial charge on any atom is 0.251 e. The van der Waals surface area contributed by atoms with Crippen molar-refractivity contribution in [2.75, 3.05) is 26.7 Å². The fourth-order valence-corrected chi connectivity index (χ4v) is 5.01. The maximum atomic E-state index is 12.9. The average Bonchev–Trinajstić information content (AvgIpc) is 2.83. The largest absolute Gasteiger partial charge is 0.497 e. The topological polar surface area (TPSA) is 105 Å². The van der Waals surface area contributed by atoms with Crippen LogP contribution in [0.4, 0.5) is 0 Å². The Bertz CT molecular complexity index is 1060. The lowest BCUT2D eigenvalue weighted by Crippen LogP contribution is -2.50. The molecule has 2 aromatic carbocycles. The van der Waals surface area contributed by atoms with Crippen LogP contribution in [0.25, 0.3) is 0 Å². The predicted molar refractivity (Wildman–Crippen MR) is 132 cm³/mol. The van der Waals surface area contributed by atoms with Crippen molar-refractivity contribution in [2.45, 2.75) is 45.1 Å². The number of rotatable bonds is 12. The van der Waals surface area contributed by atoms with Gasteiger partial charge in [-0.1, -0.05) is 45.9 Å². The van der Waals surface area contributed by atoms with Crippen LogP contribution in [0.3, 0.4) is 0 Å². The Hall–Kier alpha value is -2.91. The zero-order valence-electron chi connectivity index (χ0n) is 20.5. The van der Waals surface area contributed by atoms with Gasteiger partial charge in [0, 0.05) is 25.2 Å². The molecule has 0 unspecified atom stereocenters. The Balaban J connectivity index is 2.05. The normalized spacial score (nSPS) is 12.4. The molecule has 34 heavy (non-hydrogen) atoms. The summed E-state index contributed by atoms with van der Waals surface area (Å²) >= 11 is 0. The molecule has 0 bridgehead atoms. The third-order valence-corrected chi connectivity index (χ3v) is 7.59.